The van der Waals surface area contributed by atoms with Crippen molar-refractivity contribution in [2.45, 2.75) is 63.8 Å². The second kappa shape index (κ2) is 7.76. The molecule has 0 unspecified atom stereocenters. The Morgan fingerprint density at radius 3 is 2.64 bits per heavy atom. The summed E-state index contributed by atoms with van der Waals surface area (Å²) in [5, 5.41) is 0. The Balaban J connectivity index is 1.81. The average molecular weight is 386 g/mol. The first-order valence-corrected chi connectivity index (χ1v) is 9.54. The minimum atomic E-state index is -1.06. The van der Waals surface area contributed by atoms with Crippen molar-refractivity contribution >= 4 is 18.1 Å². The van der Waals surface area contributed by atoms with Crippen LogP contribution in [-0.4, -0.2) is 46.8 Å². The van der Waals surface area contributed by atoms with Gasteiger partial charge in [-0.1, -0.05) is 30.3 Å². The topological polar surface area (TPSA) is 85.3 Å². The molecule has 7 heteroatoms. The molecule has 1 aromatic carbocycles. The van der Waals surface area contributed by atoms with Gasteiger partial charge in [-0.25, -0.2) is 19.4 Å². The molecule has 3 rings (SSSR count). The highest BCUT2D eigenvalue weighted by Crippen LogP contribution is 2.51. The van der Waals surface area contributed by atoms with Crippen LogP contribution in [0.3, 0.4) is 0 Å². The summed E-state index contributed by atoms with van der Waals surface area (Å²) in [6, 6.07) is 9.18. The summed E-state index contributed by atoms with van der Waals surface area (Å²) in [5.74, 6) is -0.510. The Hall–Kier alpha value is -2.66. The van der Waals surface area contributed by atoms with E-state index >= 15 is 0 Å². The van der Waals surface area contributed by atoms with E-state index in [0.717, 1.165) is 5.56 Å². The van der Waals surface area contributed by atoms with Gasteiger partial charge in [-0.05, 0) is 45.6 Å². The molecule has 2 saturated heterocycles. The molecule has 0 saturated carbocycles. The van der Waals surface area contributed by atoms with E-state index in [9.17, 15) is 14.4 Å². The molecule has 0 aliphatic carbocycles. The van der Waals surface area contributed by atoms with Gasteiger partial charge >= 0.3 is 12.1 Å². The van der Waals surface area contributed by atoms with Crippen LogP contribution in [-0.2, 0) is 25.7 Å². The van der Waals surface area contributed by atoms with Crippen LogP contribution in [0.25, 0.3) is 0 Å². The van der Waals surface area contributed by atoms with E-state index in [2.05, 4.69) is 4.99 Å². The summed E-state index contributed by atoms with van der Waals surface area (Å²) >= 11 is 0. The van der Waals surface area contributed by atoms with E-state index in [4.69, 9.17) is 9.47 Å². The predicted octanol–water partition coefficient (Wildman–Crippen LogP) is 3.22. The Kier molecular flexibility index (Phi) is 5.57. The van der Waals surface area contributed by atoms with Gasteiger partial charge in [-0.2, -0.15) is 0 Å². The van der Waals surface area contributed by atoms with Crippen molar-refractivity contribution in [2.75, 3.05) is 6.54 Å². The first-order valence-electron chi connectivity index (χ1n) is 9.54. The third-order valence-electron chi connectivity index (χ3n) is 5.36. The lowest BCUT2D eigenvalue weighted by Crippen LogP contribution is -2.53. The number of carbonyl (C=O) groups excluding carboxylic acids is 3. The lowest BCUT2D eigenvalue weighted by atomic mass is 9.81. The molecule has 150 valence electrons. The van der Waals surface area contributed by atoms with Crippen molar-refractivity contribution in [2.24, 2.45) is 10.9 Å². The SMILES string of the molecule is CC(C)(C)OC(=O)[C@]12CC[C@H]([C@@H](CN=C=O)C1)N2C(=O)OCc1ccccc1. The van der Waals surface area contributed by atoms with Crippen LogP contribution in [0.4, 0.5) is 4.79 Å². The van der Waals surface area contributed by atoms with Crippen LogP contribution in [0.15, 0.2) is 35.3 Å². The number of fused-ring (bicyclic) bond motifs is 2. The molecule has 2 aliphatic heterocycles. The minimum Gasteiger partial charge on any atom is -0.458 e. The monoisotopic (exact) mass is 386 g/mol. The number of carbonyl (C=O) groups is 2. The van der Waals surface area contributed by atoms with Gasteiger partial charge in [0.25, 0.3) is 0 Å². The summed E-state index contributed by atoms with van der Waals surface area (Å²) in [5.41, 5.74) is -0.854. The summed E-state index contributed by atoms with van der Waals surface area (Å²) in [6.45, 7) is 5.77. The smallest absolute Gasteiger partial charge is 0.411 e. The van der Waals surface area contributed by atoms with Crippen LogP contribution < -0.4 is 0 Å². The van der Waals surface area contributed by atoms with E-state index in [1.807, 2.05) is 30.3 Å². The predicted molar refractivity (Wildman–Crippen MR) is 101 cm³/mol. The highest BCUT2D eigenvalue weighted by atomic mass is 16.6. The molecule has 0 N–H and O–H groups in total. The van der Waals surface area contributed by atoms with E-state index in [1.54, 1.807) is 26.9 Å². The summed E-state index contributed by atoms with van der Waals surface area (Å²) in [6.07, 6.45) is 2.60. The second-order valence-electron chi connectivity index (χ2n) is 8.45. The third kappa shape index (κ3) is 3.94. The van der Waals surface area contributed by atoms with Gasteiger partial charge in [-0.3, -0.25) is 4.90 Å². The first-order chi connectivity index (χ1) is 13.3. The van der Waals surface area contributed by atoms with Gasteiger partial charge in [0, 0.05) is 12.0 Å². The molecule has 0 spiro atoms. The summed E-state index contributed by atoms with van der Waals surface area (Å²) in [7, 11) is 0. The highest BCUT2D eigenvalue weighted by Gasteiger charge is 2.64. The molecule has 3 atom stereocenters. The van der Waals surface area contributed by atoms with Crippen LogP contribution in [0, 0.1) is 5.92 Å². The van der Waals surface area contributed by atoms with Gasteiger partial charge in [0.05, 0.1) is 6.54 Å². The van der Waals surface area contributed by atoms with Crippen molar-refractivity contribution in [3.63, 3.8) is 0 Å². The fourth-order valence-corrected chi connectivity index (χ4v) is 4.27. The molecule has 0 radical (unpaired) electrons. The van der Waals surface area contributed by atoms with Gasteiger partial charge in [-0.15, -0.1) is 0 Å². The fourth-order valence-electron chi connectivity index (χ4n) is 4.27. The Morgan fingerprint density at radius 1 is 1.29 bits per heavy atom. The highest BCUT2D eigenvalue weighted by molar-refractivity contribution is 5.88. The van der Waals surface area contributed by atoms with Crippen LogP contribution in [0.1, 0.15) is 45.6 Å². The lowest BCUT2D eigenvalue weighted by Gasteiger charge is -2.34. The maximum atomic E-state index is 13.1. The van der Waals surface area contributed by atoms with Gasteiger partial charge in [0.15, 0.2) is 0 Å². The molecule has 1 aromatic rings. The molecular formula is C21H26N2O5. The van der Waals surface area contributed by atoms with Crippen molar-refractivity contribution < 1.29 is 23.9 Å². The number of ether oxygens (including phenoxy) is 2. The molecular weight excluding hydrogens is 360 g/mol. The first kappa shape index (κ1) is 20.1. The van der Waals surface area contributed by atoms with Crippen molar-refractivity contribution in [3.8, 4) is 0 Å². The summed E-state index contributed by atoms with van der Waals surface area (Å²) < 4.78 is 11.2. The summed E-state index contributed by atoms with van der Waals surface area (Å²) in [4.78, 5) is 41.8. The average Bonchev–Trinajstić information content (AvgIpc) is 3.18. The number of rotatable bonds is 5. The van der Waals surface area contributed by atoms with E-state index in [1.165, 1.54) is 4.90 Å². The number of hydrogen-bond acceptors (Lipinski definition) is 6. The van der Waals surface area contributed by atoms with E-state index < -0.39 is 23.2 Å². The van der Waals surface area contributed by atoms with Crippen LogP contribution >= 0.6 is 0 Å². The Bertz CT molecular complexity index is 782. The maximum Gasteiger partial charge on any atom is 0.411 e. The Morgan fingerprint density at radius 2 is 2.00 bits per heavy atom. The van der Waals surface area contributed by atoms with E-state index in [0.29, 0.717) is 19.3 Å². The number of amides is 1. The molecule has 1 amide bonds. The zero-order valence-electron chi connectivity index (χ0n) is 16.5. The lowest BCUT2D eigenvalue weighted by molar-refractivity contribution is -0.166. The zero-order chi connectivity index (χ0) is 20.4. The van der Waals surface area contributed by atoms with Crippen molar-refractivity contribution in [1.82, 2.24) is 4.90 Å². The fraction of sp³-hybridized carbons (Fsp3) is 0.571. The molecule has 2 heterocycles. The quantitative estimate of drug-likeness (QED) is 0.441. The Labute approximate surface area is 164 Å². The standard InChI is InChI=1S/C21H26N2O5/c1-20(2,3)28-18(25)21-10-9-17(16(11-21)12-22-14-24)23(21)19(26)27-13-15-7-5-4-6-8-15/h4-8,16-17H,9-13H2,1-3H3/t16-,17-,21+/m1/s1. The number of isocyanates is 1. The third-order valence-corrected chi connectivity index (χ3v) is 5.36. The van der Waals surface area contributed by atoms with Crippen LogP contribution in [0.5, 0.6) is 0 Å². The molecule has 7 nitrogen and oxygen atoms in total. The van der Waals surface area contributed by atoms with Gasteiger partial charge < -0.3 is 9.47 Å². The molecule has 0 aromatic heterocycles. The molecule has 2 fully saturated rings. The molecule has 2 aliphatic rings. The number of esters is 1. The van der Waals surface area contributed by atoms with E-state index in [-0.39, 0.29) is 25.1 Å². The largest absolute Gasteiger partial charge is 0.458 e. The van der Waals surface area contributed by atoms with Gasteiger partial charge in [0.2, 0.25) is 6.08 Å². The molecule has 2 bridgehead atoms. The zero-order valence-corrected chi connectivity index (χ0v) is 16.5. The van der Waals surface area contributed by atoms with Crippen molar-refractivity contribution in [3.05, 3.63) is 35.9 Å². The number of hydrogen-bond donors (Lipinski definition) is 0. The molecule has 28 heavy (non-hydrogen) atoms. The van der Waals surface area contributed by atoms with Crippen LogP contribution in [0.2, 0.25) is 0 Å². The van der Waals surface area contributed by atoms with Gasteiger partial charge in [0.1, 0.15) is 17.7 Å². The second-order valence-corrected chi connectivity index (χ2v) is 8.45. The number of benzene rings is 1. The maximum absolute atomic E-state index is 13.1. The minimum absolute atomic E-state index is 0.0907. The number of aliphatic imine (C=N–C) groups is 1. The number of nitrogens with zero attached hydrogens (tertiary/aromatic N) is 2. The van der Waals surface area contributed by atoms with Crippen molar-refractivity contribution in [1.29, 1.82) is 0 Å². The normalized spacial score (nSPS) is 25.9.